The molecule has 2 aromatic rings. The van der Waals surface area contributed by atoms with E-state index in [1.54, 1.807) is 4.57 Å². The van der Waals surface area contributed by atoms with Gasteiger partial charge in [-0.05, 0) is 52.5 Å². The van der Waals surface area contributed by atoms with Gasteiger partial charge in [0.1, 0.15) is 11.3 Å². The molecule has 0 spiro atoms. The highest BCUT2D eigenvalue weighted by Crippen LogP contribution is 2.39. The maximum absolute atomic E-state index is 13.3. The molecular weight excluding hydrogens is 382 g/mol. The van der Waals surface area contributed by atoms with Gasteiger partial charge in [-0.1, -0.05) is 25.8 Å². The Bertz CT molecular complexity index is 1110. The lowest BCUT2D eigenvalue weighted by molar-refractivity contribution is -0.185. The minimum atomic E-state index is -0.633. The predicted octanol–water partition coefficient (Wildman–Crippen LogP) is 3.14. The standard InChI is InChI=1S/C22H33N5O3/c1-6-11-25-19(28)16-18(24-17(23-16)14-9-7-8-10-14)26(20(25)29)13-15-12-21(2,3)27(30)22(15,4)5/h12,14,30H,6-11,13H2,1-5H3,(H,23,24). The zero-order chi connectivity index (χ0) is 21.8. The quantitative estimate of drug-likeness (QED) is 0.732. The van der Waals surface area contributed by atoms with Crippen LogP contribution in [0.2, 0.25) is 0 Å². The first kappa shape index (κ1) is 21.1. The van der Waals surface area contributed by atoms with Crippen LogP contribution in [0.3, 0.4) is 0 Å². The summed E-state index contributed by atoms with van der Waals surface area (Å²) < 4.78 is 2.91. The normalized spacial score (nSPS) is 21.6. The monoisotopic (exact) mass is 415 g/mol. The maximum Gasteiger partial charge on any atom is 0.333 e. The van der Waals surface area contributed by atoms with Gasteiger partial charge < -0.3 is 10.2 Å². The number of H-pyrrole nitrogens is 1. The molecule has 4 rings (SSSR count). The number of rotatable bonds is 5. The number of aromatic nitrogens is 4. The highest BCUT2D eigenvalue weighted by Gasteiger charge is 2.45. The molecular formula is C22H33N5O3. The lowest BCUT2D eigenvalue weighted by Crippen LogP contribution is -2.48. The SMILES string of the molecule is CCCn1c(=O)c2[nH]c(C3CCCC3)nc2n(CC2=CC(C)(C)N(O)C2(C)C)c1=O. The zero-order valence-corrected chi connectivity index (χ0v) is 18.7. The molecule has 0 bridgehead atoms. The van der Waals surface area contributed by atoms with Crippen molar-refractivity contribution in [3.8, 4) is 0 Å². The Morgan fingerprint density at radius 2 is 1.83 bits per heavy atom. The molecule has 8 nitrogen and oxygen atoms in total. The molecule has 1 saturated carbocycles. The second kappa shape index (κ2) is 7.20. The van der Waals surface area contributed by atoms with Crippen LogP contribution >= 0.6 is 0 Å². The Hall–Kier alpha value is -2.19. The van der Waals surface area contributed by atoms with Crippen LogP contribution in [-0.2, 0) is 13.1 Å². The number of aromatic amines is 1. The van der Waals surface area contributed by atoms with Gasteiger partial charge in [-0.3, -0.25) is 13.9 Å². The summed E-state index contributed by atoms with van der Waals surface area (Å²) in [5.74, 6) is 1.12. The topological polar surface area (TPSA) is 96.2 Å². The zero-order valence-electron chi connectivity index (χ0n) is 18.7. The third-order valence-electron chi connectivity index (χ3n) is 6.79. The molecule has 1 aliphatic heterocycles. The van der Waals surface area contributed by atoms with Crippen LogP contribution in [-0.4, -0.2) is 40.5 Å². The van der Waals surface area contributed by atoms with Crippen molar-refractivity contribution in [3.05, 3.63) is 38.3 Å². The number of nitrogens with one attached hydrogen (secondary N) is 1. The molecule has 0 radical (unpaired) electrons. The first-order valence-electron chi connectivity index (χ1n) is 11.0. The fourth-order valence-electron chi connectivity index (χ4n) is 5.07. The molecule has 0 atom stereocenters. The molecule has 0 unspecified atom stereocenters. The molecule has 1 aliphatic carbocycles. The van der Waals surface area contributed by atoms with Crippen LogP contribution in [0.15, 0.2) is 21.2 Å². The largest absolute Gasteiger partial charge is 0.336 e. The summed E-state index contributed by atoms with van der Waals surface area (Å²) in [5, 5.41) is 12.0. The summed E-state index contributed by atoms with van der Waals surface area (Å²) >= 11 is 0. The Kier molecular flexibility index (Phi) is 5.05. The Morgan fingerprint density at radius 3 is 2.40 bits per heavy atom. The van der Waals surface area contributed by atoms with E-state index in [-0.39, 0.29) is 17.8 Å². The molecule has 0 aromatic carbocycles. The van der Waals surface area contributed by atoms with Crippen molar-refractivity contribution in [2.45, 2.75) is 96.8 Å². The van der Waals surface area contributed by atoms with Crippen LogP contribution in [0.1, 0.15) is 78.5 Å². The number of hydrogen-bond donors (Lipinski definition) is 2. The number of fused-ring (bicyclic) bond motifs is 1. The van der Waals surface area contributed by atoms with Crippen molar-refractivity contribution in [2.75, 3.05) is 0 Å². The predicted molar refractivity (Wildman–Crippen MR) is 116 cm³/mol. The summed E-state index contributed by atoms with van der Waals surface area (Å²) in [6, 6.07) is 0. The van der Waals surface area contributed by atoms with Gasteiger partial charge >= 0.3 is 5.69 Å². The van der Waals surface area contributed by atoms with E-state index in [2.05, 4.69) is 4.98 Å². The molecule has 2 aliphatic rings. The van der Waals surface area contributed by atoms with E-state index in [0.29, 0.717) is 30.0 Å². The van der Waals surface area contributed by atoms with E-state index < -0.39 is 11.1 Å². The number of imidazole rings is 1. The van der Waals surface area contributed by atoms with Crippen molar-refractivity contribution in [1.82, 2.24) is 24.2 Å². The van der Waals surface area contributed by atoms with Crippen molar-refractivity contribution in [3.63, 3.8) is 0 Å². The average Bonchev–Trinajstić information content (AvgIpc) is 3.38. The van der Waals surface area contributed by atoms with Crippen LogP contribution in [0.4, 0.5) is 0 Å². The van der Waals surface area contributed by atoms with Crippen molar-refractivity contribution >= 4 is 11.2 Å². The van der Waals surface area contributed by atoms with Gasteiger partial charge in [0.2, 0.25) is 0 Å². The third kappa shape index (κ3) is 3.17. The molecule has 1 fully saturated rings. The molecule has 2 N–H and O–H groups in total. The maximum atomic E-state index is 13.3. The first-order chi connectivity index (χ1) is 14.1. The molecule has 30 heavy (non-hydrogen) atoms. The van der Waals surface area contributed by atoms with Crippen LogP contribution < -0.4 is 11.2 Å². The summed E-state index contributed by atoms with van der Waals surface area (Å²) in [4.78, 5) is 34.4. The minimum Gasteiger partial charge on any atom is -0.336 e. The fraction of sp³-hybridized carbons (Fsp3) is 0.682. The van der Waals surface area contributed by atoms with E-state index in [1.165, 1.54) is 9.63 Å². The van der Waals surface area contributed by atoms with Gasteiger partial charge in [-0.15, -0.1) is 0 Å². The Labute approximate surface area is 176 Å². The molecule has 0 saturated heterocycles. The highest BCUT2D eigenvalue weighted by atomic mass is 16.5. The van der Waals surface area contributed by atoms with Crippen LogP contribution in [0.25, 0.3) is 11.2 Å². The Morgan fingerprint density at radius 1 is 1.17 bits per heavy atom. The van der Waals surface area contributed by atoms with Crippen LogP contribution in [0, 0.1) is 0 Å². The summed E-state index contributed by atoms with van der Waals surface area (Å²) in [7, 11) is 0. The lowest BCUT2D eigenvalue weighted by atomic mass is 9.96. The molecule has 8 heteroatoms. The van der Waals surface area contributed by atoms with Crippen LogP contribution in [0.5, 0.6) is 0 Å². The van der Waals surface area contributed by atoms with Gasteiger partial charge in [0.15, 0.2) is 5.65 Å². The minimum absolute atomic E-state index is 0.280. The average molecular weight is 416 g/mol. The highest BCUT2D eigenvalue weighted by molar-refractivity contribution is 5.70. The van der Waals surface area contributed by atoms with E-state index in [9.17, 15) is 14.8 Å². The summed E-state index contributed by atoms with van der Waals surface area (Å²) in [6.45, 7) is 10.3. The molecule has 2 aromatic heterocycles. The molecule has 164 valence electrons. The lowest BCUT2D eigenvalue weighted by Gasteiger charge is -2.36. The summed E-state index contributed by atoms with van der Waals surface area (Å²) in [5.41, 5.74) is -0.0681. The molecule has 3 heterocycles. The van der Waals surface area contributed by atoms with Gasteiger partial charge in [-0.2, -0.15) is 5.06 Å². The van der Waals surface area contributed by atoms with Crippen molar-refractivity contribution < 1.29 is 5.21 Å². The number of nitrogens with zero attached hydrogens (tertiary/aromatic N) is 4. The Balaban J connectivity index is 1.90. The second-order valence-corrected chi connectivity index (χ2v) is 9.82. The van der Waals surface area contributed by atoms with Gasteiger partial charge in [0.25, 0.3) is 5.56 Å². The van der Waals surface area contributed by atoms with Gasteiger partial charge in [0.05, 0.1) is 17.6 Å². The van der Waals surface area contributed by atoms with E-state index in [1.807, 2.05) is 40.7 Å². The molecule has 0 amide bonds. The van der Waals surface area contributed by atoms with Crippen molar-refractivity contribution in [1.29, 1.82) is 0 Å². The van der Waals surface area contributed by atoms with E-state index in [0.717, 1.165) is 37.1 Å². The van der Waals surface area contributed by atoms with E-state index in [4.69, 9.17) is 4.98 Å². The fourth-order valence-corrected chi connectivity index (χ4v) is 5.07. The number of hydrogen-bond acceptors (Lipinski definition) is 5. The second-order valence-electron chi connectivity index (χ2n) is 9.82. The summed E-state index contributed by atoms with van der Waals surface area (Å²) in [6.07, 6.45) is 7.13. The van der Waals surface area contributed by atoms with Gasteiger partial charge in [0, 0.05) is 12.5 Å². The van der Waals surface area contributed by atoms with E-state index >= 15 is 0 Å². The smallest absolute Gasteiger partial charge is 0.333 e. The van der Waals surface area contributed by atoms with Gasteiger partial charge in [-0.25, -0.2) is 9.78 Å². The van der Waals surface area contributed by atoms with Crippen molar-refractivity contribution in [2.24, 2.45) is 0 Å². The number of hydroxylamine groups is 2. The first-order valence-corrected chi connectivity index (χ1v) is 11.0. The third-order valence-corrected chi connectivity index (χ3v) is 6.79.